The lowest BCUT2D eigenvalue weighted by molar-refractivity contribution is 0.610. The zero-order chi connectivity index (χ0) is 12.8. The Hall–Kier alpha value is -0.550. The highest BCUT2D eigenvalue weighted by Crippen LogP contribution is 2.24. The van der Waals surface area contributed by atoms with Gasteiger partial charge in [0.25, 0.3) is 0 Å². The summed E-state index contributed by atoms with van der Waals surface area (Å²) in [6.07, 6.45) is 1.77. The first-order valence-corrected chi connectivity index (χ1v) is 8.02. The molecule has 1 unspecified atom stereocenters. The number of nitrogens with one attached hydrogen (secondary N) is 1. The summed E-state index contributed by atoms with van der Waals surface area (Å²) in [4.78, 5) is 5.62. The summed E-state index contributed by atoms with van der Waals surface area (Å²) in [5.74, 6) is 0.965. The van der Waals surface area contributed by atoms with Gasteiger partial charge in [0.1, 0.15) is 5.03 Å². The summed E-state index contributed by atoms with van der Waals surface area (Å²) in [7, 11) is 0. The van der Waals surface area contributed by atoms with E-state index in [-0.39, 0.29) is 0 Å². The van der Waals surface area contributed by atoms with Crippen LogP contribution >= 0.6 is 34.7 Å². The molecule has 0 aliphatic rings. The molecule has 2 aromatic heterocycles. The molecule has 5 heteroatoms. The van der Waals surface area contributed by atoms with E-state index in [1.54, 1.807) is 29.3 Å². The molecule has 0 aliphatic heterocycles. The number of hydrogen-bond acceptors (Lipinski definition) is 4. The summed E-state index contributed by atoms with van der Waals surface area (Å²) in [6, 6.07) is 8.37. The Morgan fingerprint density at radius 2 is 2.33 bits per heavy atom. The van der Waals surface area contributed by atoms with E-state index in [2.05, 4.69) is 34.7 Å². The van der Waals surface area contributed by atoms with Crippen LogP contribution in [0.4, 0.5) is 0 Å². The Labute approximate surface area is 121 Å². The lowest BCUT2D eigenvalue weighted by atomic mass is 10.3. The molecule has 0 amide bonds. The van der Waals surface area contributed by atoms with Crippen molar-refractivity contribution in [3.8, 4) is 0 Å². The summed E-state index contributed by atoms with van der Waals surface area (Å²) < 4.78 is 0. The van der Waals surface area contributed by atoms with Crippen molar-refractivity contribution >= 4 is 34.7 Å². The van der Waals surface area contributed by atoms with E-state index >= 15 is 0 Å². The number of hydrogen-bond donors (Lipinski definition) is 1. The van der Waals surface area contributed by atoms with Gasteiger partial charge < -0.3 is 5.32 Å². The fourth-order valence-corrected chi connectivity index (χ4v) is 3.34. The van der Waals surface area contributed by atoms with Crippen LogP contribution in [0.2, 0.25) is 5.02 Å². The van der Waals surface area contributed by atoms with Gasteiger partial charge in [-0.2, -0.15) is 0 Å². The largest absolute Gasteiger partial charge is 0.309 e. The van der Waals surface area contributed by atoms with Crippen molar-refractivity contribution in [1.29, 1.82) is 0 Å². The van der Waals surface area contributed by atoms with Crippen LogP contribution in [0, 0.1) is 0 Å². The molecule has 2 rings (SSSR count). The topological polar surface area (TPSA) is 24.9 Å². The van der Waals surface area contributed by atoms with E-state index < -0.39 is 0 Å². The SMILES string of the molecule is CC(NCCSc1ncccc1Cl)c1cccs1. The zero-order valence-corrected chi connectivity index (χ0v) is 12.5. The first-order valence-electron chi connectivity index (χ1n) is 5.77. The summed E-state index contributed by atoms with van der Waals surface area (Å²) in [5.41, 5.74) is 0. The van der Waals surface area contributed by atoms with Crippen LogP contribution in [0.1, 0.15) is 17.8 Å². The molecule has 1 atom stereocenters. The molecule has 0 saturated carbocycles. The minimum Gasteiger partial charge on any atom is -0.309 e. The number of thioether (sulfide) groups is 1. The van der Waals surface area contributed by atoms with Gasteiger partial charge in [-0.05, 0) is 30.5 Å². The maximum Gasteiger partial charge on any atom is 0.115 e. The number of thiophene rings is 1. The predicted molar refractivity (Wildman–Crippen MR) is 80.7 cm³/mol. The fourth-order valence-electron chi connectivity index (χ4n) is 1.54. The minimum atomic E-state index is 0.407. The maximum absolute atomic E-state index is 6.04. The number of nitrogens with zero attached hydrogens (tertiary/aromatic N) is 1. The number of aromatic nitrogens is 1. The zero-order valence-electron chi connectivity index (χ0n) is 10.1. The quantitative estimate of drug-likeness (QED) is 0.638. The van der Waals surface area contributed by atoms with Crippen LogP contribution < -0.4 is 5.32 Å². The third kappa shape index (κ3) is 3.99. The molecular formula is C13H15ClN2S2. The standard InChI is InChI=1S/C13H15ClN2S2/c1-10(12-5-3-8-17-12)15-7-9-18-13-11(14)4-2-6-16-13/h2-6,8,10,15H,7,9H2,1H3. The van der Waals surface area contributed by atoms with Crippen LogP contribution in [-0.2, 0) is 0 Å². The first-order chi connectivity index (χ1) is 8.77. The third-order valence-electron chi connectivity index (χ3n) is 2.49. The van der Waals surface area contributed by atoms with E-state index in [0.29, 0.717) is 6.04 Å². The lowest BCUT2D eigenvalue weighted by Crippen LogP contribution is -2.20. The van der Waals surface area contributed by atoms with Crippen LogP contribution in [0.25, 0.3) is 0 Å². The second-order valence-corrected chi connectivity index (χ2v) is 6.30. The number of halogens is 1. The second kappa shape index (κ2) is 7.14. The van der Waals surface area contributed by atoms with Gasteiger partial charge in [0.15, 0.2) is 0 Å². The van der Waals surface area contributed by atoms with Gasteiger partial charge >= 0.3 is 0 Å². The molecule has 0 aliphatic carbocycles. The van der Waals surface area contributed by atoms with E-state index in [0.717, 1.165) is 22.3 Å². The lowest BCUT2D eigenvalue weighted by Gasteiger charge is -2.11. The van der Waals surface area contributed by atoms with Gasteiger partial charge in [0.05, 0.1) is 5.02 Å². The van der Waals surface area contributed by atoms with Gasteiger partial charge in [-0.3, -0.25) is 0 Å². The molecule has 0 fully saturated rings. The molecule has 0 radical (unpaired) electrons. The summed E-state index contributed by atoms with van der Waals surface area (Å²) in [6.45, 7) is 3.13. The van der Waals surface area contributed by atoms with Gasteiger partial charge in [-0.25, -0.2) is 4.98 Å². The van der Waals surface area contributed by atoms with E-state index in [4.69, 9.17) is 11.6 Å². The van der Waals surface area contributed by atoms with Crippen LogP contribution in [0.5, 0.6) is 0 Å². The van der Waals surface area contributed by atoms with Crippen LogP contribution in [0.3, 0.4) is 0 Å². The highest BCUT2D eigenvalue weighted by molar-refractivity contribution is 7.99. The van der Waals surface area contributed by atoms with Crippen molar-refractivity contribution in [3.63, 3.8) is 0 Å². The Morgan fingerprint density at radius 1 is 1.44 bits per heavy atom. The molecule has 96 valence electrons. The monoisotopic (exact) mass is 298 g/mol. The Kier molecular flexibility index (Phi) is 5.50. The minimum absolute atomic E-state index is 0.407. The average molecular weight is 299 g/mol. The third-order valence-corrected chi connectivity index (χ3v) is 4.97. The molecule has 0 aromatic carbocycles. The van der Waals surface area contributed by atoms with E-state index in [9.17, 15) is 0 Å². The molecule has 2 nitrogen and oxygen atoms in total. The maximum atomic E-state index is 6.04. The molecule has 0 spiro atoms. The normalized spacial score (nSPS) is 12.6. The highest BCUT2D eigenvalue weighted by Gasteiger charge is 2.05. The van der Waals surface area contributed by atoms with Crippen molar-refractivity contribution in [2.24, 2.45) is 0 Å². The smallest absolute Gasteiger partial charge is 0.115 e. The predicted octanol–water partition coefficient (Wildman–Crippen LogP) is 4.24. The Balaban J connectivity index is 1.72. The molecular weight excluding hydrogens is 284 g/mol. The fraction of sp³-hybridized carbons (Fsp3) is 0.308. The molecule has 2 aromatic rings. The first kappa shape index (κ1) is 13.9. The average Bonchev–Trinajstić information content (AvgIpc) is 2.90. The highest BCUT2D eigenvalue weighted by atomic mass is 35.5. The van der Waals surface area contributed by atoms with Crippen molar-refractivity contribution < 1.29 is 0 Å². The van der Waals surface area contributed by atoms with Crippen molar-refractivity contribution in [2.75, 3.05) is 12.3 Å². The number of rotatable bonds is 6. The number of pyridine rings is 1. The molecule has 0 saturated heterocycles. The van der Waals surface area contributed by atoms with Gasteiger partial charge in [0.2, 0.25) is 0 Å². The van der Waals surface area contributed by atoms with Gasteiger partial charge in [0, 0.05) is 29.4 Å². The van der Waals surface area contributed by atoms with E-state index in [1.165, 1.54) is 4.88 Å². The van der Waals surface area contributed by atoms with Crippen LogP contribution in [-0.4, -0.2) is 17.3 Å². The molecule has 0 bridgehead atoms. The van der Waals surface area contributed by atoms with E-state index in [1.807, 2.05) is 12.1 Å². The van der Waals surface area contributed by atoms with Crippen LogP contribution in [0.15, 0.2) is 40.9 Å². The van der Waals surface area contributed by atoms with Crippen molar-refractivity contribution in [1.82, 2.24) is 10.3 Å². The molecule has 2 heterocycles. The van der Waals surface area contributed by atoms with Crippen molar-refractivity contribution in [2.45, 2.75) is 18.0 Å². The second-order valence-electron chi connectivity index (χ2n) is 3.83. The summed E-state index contributed by atoms with van der Waals surface area (Å²) >= 11 is 9.51. The van der Waals surface area contributed by atoms with Gasteiger partial charge in [-0.1, -0.05) is 17.7 Å². The van der Waals surface area contributed by atoms with Gasteiger partial charge in [-0.15, -0.1) is 23.1 Å². The Morgan fingerprint density at radius 3 is 3.06 bits per heavy atom. The van der Waals surface area contributed by atoms with Crippen molar-refractivity contribution in [3.05, 3.63) is 45.7 Å². The Bertz CT molecular complexity index is 474. The molecule has 18 heavy (non-hydrogen) atoms. The molecule has 1 N–H and O–H groups in total. The summed E-state index contributed by atoms with van der Waals surface area (Å²) in [5, 5.41) is 7.24.